The number of hydrogen-bond acceptors (Lipinski definition) is 3. The summed E-state index contributed by atoms with van der Waals surface area (Å²) in [5, 5.41) is 0. The number of rotatable bonds is 9. The van der Waals surface area contributed by atoms with Gasteiger partial charge in [-0.2, -0.15) is 0 Å². The molecule has 1 aromatic carbocycles. The highest BCUT2D eigenvalue weighted by Crippen LogP contribution is 2.38. The second-order valence-corrected chi connectivity index (χ2v) is 7.80. The quantitative estimate of drug-likeness (QED) is 0.621. The van der Waals surface area contributed by atoms with Crippen molar-refractivity contribution in [1.29, 1.82) is 0 Å². The van der Waals surface area contributed by atoms with Crippen molar-refractivity contribution in [3.63, 3.8) is 0 Å². The number of ether oxygens (including phenoxy) is 1. The molecule has 1 aliphatic rings. The largest absolute Gasteiger partial charge is 0.385 e. The Morgan fingerprint density at radius 2 is 1.77 bits per heavy atom. The van der Waals surface area contributed by atoms with Crippen molar-refractivity contribution >= 4 is 5.91 Å². The first kappa shape index (κ1) is 20.9. The van der Waals surface area contributed by atoms with E-state index in [0.29, 0.717) is 18.0 Å². The van der Waals surface area contributed by atoms with E-state index in [1.165, 1.54) is 18.4 Å². The lowest BCUT2D eigenvalue weighted by atomic mass is 9.78. The fourth-order valence-corrected chi connectivity index (χ4v) is 4.50. The minimum absolute atomic E-state index is 0.220. The van der Waals surface area contributed by atoms with Crippen LogP contribution in [0.5, 0.6) is 0 Å². The molecule has 1 saturated carbocycles. The highest BCUT2D eigenvalue weighted by Gasteiger charge is 2.32. The molecule has 146 valence electrons. The summed E-state index contributed by atoms with van der Waals surface area (Å²) in [6.07, 6.45) is 6.65. The second kappa shape index (κ2) is 10.7. The van der Waals surface area contributed by atoms with Crippen molar-refractivity contribution in [3.05, 3.63) is 35.9 Å². The highest BCUT2D eigenvalue weighted by molar-refractivity contribution is 5.73. The number of benzene rings is 1. The molecule has 1 aliphatic carbocycles. The molecule has 1 aromatic rings. The molecule has 0 aromatic heterocycles. The van der Waals surface area contributed by atoms with Gasteiger partial charge in [-0.05, 0) is 64.1 Å². The standard InChI is InChI=1S/C22H36N2O2/c1-18(25)24(16-8-9-17-26-4)21-14-12-20(13-15-21)22(23(2)3)19-10-6-5-7-11-19/h5-7,10-11,20-22H,8-9,12-17H2,1-4H3. The first-order chi connectivity index (χ1) is 12.5. The lowest BCUT2D eigenvalue weighted by molar-refractivity contribution is -0.132. The number of nitrogens with zero attached hydrogens (tertiary/aromatic N) is 2. The number of methoxy groups -OCH3 is 1. The molecule has 0 N–H and O–H groups in total. The predicted octanol–water partition coefficient (Wildman–Crippen LogP) is 4.12. The zero-order valence-corrected chi connectivity index (χ0v) is 17.0. The summed E-state index contributed by atoms with van der Waals surface area (Å²) in [7, 11) is 6.10. The van der Waals surface area contributed by atoms with Crippen LogP contribution in [0.3, 0.4) is 0 Å². The molecule has 1 amide bonds. The smallest absolute Gasteiger partial charge is 0.219 e. The first-order valence-electron chi connectivity index (χ1n) is 10.0. The summed E-state index contributed by atoms with van der Waals surface area (Å²) in [6.45, 7) is 3.36. The van der Waals surface area contributed by atoms with E-state index < -0.39 is 0 Å². The Balaban J connectivity index is 1.94. The van der Waals surface area contributed by atoms with Gasteiger partial charge in [-0.15, -0.1) is 0 Å². The van der Waals surface area contributed by atoms with E-state index in [-0.39, 0.29) is 5.91 Å². The van der Waals surface area contributed by atoms with Crippen LogP contribution in [0.1, 0.15) is 57.1 Å². The van der Waals surface area contributed by atoms with Gasteiger partial charge in [0, 0.05) is 39.3 Å². The maximum Gasteiger partial charge on any atom is 0.219 e. The maximum atomic E-state index is 12.1. The van der Waals surface area contributed by atoms with Crippen molar-refractivity contribution in [2.75, 3.05) is 34.4 Å². The Hall–Kier alpha value is -1.39. The lowest BCUT2D eigenvalue weighted by Gasteiger charge is -2.41. The van der Waals surface area contributed by atoms with Gasteiger partial charge in [0.1, 0.15) is 0 Å². The van der Waals surface area contributed by atoms with E-state index in [9.17, 15) is 4.79 Å². The van der Waals surface area contributed by atoms with E-state index in [0.717, 1.165) is 38.8 Å². The van der Waals surface area contributed by atoms with Crippen molar-refractivity contribution in [3.8, 4) is 0 Å². The van der Waals surface area contributed by atoms with Crippen molar-refractivity contribution in [1.82, 2.24) is 9.80 Å². The minimum atomic E-state index is 0.220. The first-order valence-corrected chi connectivity index (χ1v) is 10.0. The maximum absolute atomic E-state index is 12.1. The van der Waals surface area contributed by atoms with Crippen LogP contribution in [0, 0.1) is 5.92 Å². The summed E-state index contributed by atoms with van der Waals surface area (Å²) in [5.41, 5.74) is 1.41. The summed E-state index contributed by atoms with van der Waals surface area (Å²) >= 11 is 0. The third kappa shape index (κ3) is 5.82. The van der Waals surface area contributed by atoms with Crippen molar-refractivity contribution in [2.45, 2.75) is 57.5 Å². The van der Waals surface area contributed by atoms with Crippen LogP contribution in [0.25, 0.3) is 0 Å². The molecule has 26 heavy (non-hydrogen) atoms. The number of hydrogen-bond donors (Lipinski definition) is 0. The van der Waals surface area contributed by atoms with Crippen molar-refractivity contribution < 1.29 is 9.53 Å². The van der Waals surface area contributed by atoms with E-state index in [1.807, 2.05) is 0 Å². The Morgan fingerprint density at radius 3 is 2.31 bits per heavy atom. The molecular weight excluding hydrogens is 324 g/mol. The predicted molar refractivity (Wildman–Crippen MR) is 107 cm³/mol. The van der Waals surface area contributed by atoms with Crippen LogP contribution in [0.4, 0.5) is 0 Å². The zero-order valence-electron chi connectivity index (χ0n) is 17.0. The van der Waals surface area contributed by atoms with Gasteiger partial charge in [-0.3, -0.25) is 4.79 Å². The molecule has 0 bridgehead atoms. The van der Waals surface area contributed by atoms with Crippen LogP contribution in [-0.2, 0) is 9.53 Å². The SMILES string of the molecule is COCCCCN(C(C)=O)C1CCC(C(c2ccccc2)N(C)C)CC1. The topological polar surface area (TPSA) is 32.8 Å². The summed E-state index contributed by atoms with van der Waals surface area (Å²) < 4.78 is 5.13. The average Bonchev–Trinajstić information content (AvgIpc) is 2.63. The van der Waals surface area contributed by atoms with Gasteiger partial charge in [0.15, 0.2) is 0 Å². The molecule has 0 radical (unpaired) electrons. The van der Waals surface area contributed by atoms with Crippen LogP contribution in [-0.4, -0.2) is 56.1 Å². The molecule has 1 fully saturated rings. The molecule has 4 heteroatoms. The number of amides is 1. The van der Waals surface area contributed by atoms with Gasteiger partial charge < -0.3 is 14.5 Å². The minimum Gasteiger partial charge on any atom is -0.385 e. The number of carbonyl (C=O) groups is 1. The molecular formula is C22H36N2O2. The Labute approximate surface area is 159 Å². The zero-order chi connectivity index (χ0) is 18.9. The van der Waals surface area contributed by atoms with Crippen molar-refractivity contribution in [2.24, 2.45) is 5.92 Å². The molecule has 0 spiro atoms. The van der Waals surface area contributed by atoms with E-state index in [1.54, 1.807) is 14.0 Å². The molecule has 0 saturated heterocycles. The van der Waals surface area contributed by atoms with Crippen LogP contribution < -0.4 is 0 Å². The van der Waals surface area contributed by atoms with E-state index in [4.69, 9.17) is 4.74 Å². The Bertz CT molecular complexity index is 524. The molecule has 4 nitrogen and oxygen atoms in total. The highest BCUT2D eigenvalue weighted by atomic mass is 16.5. The van der Waals surface area contributed by atoms with Gasteiger partial charge >= 0.3 is 0 Å². The summed E-state index contributed by atoms with van der Waals surface area (Å²) in [5.74, 6) is 0.879. The Kier molecular flexibility index (Phi) is 8.60. The monoisotopic (exact) mass is 360 g/mol. The van der Waals surface area contributed by atoms with Crippen LogP contribution in [0.15, 0.2) is 30.3 Å². The van der Waals surface area contributed by atoms with E-state index in [2.05, 4.69) is 54.2 Å². The summed E-state index contributed by atoms with van der Waals surface area (Å²) in [4.78, 5) is 16.6. The summed E-state index contributed by atoms with van der Waals surface area (Å²) in [6, 6.07) is 11.7. The van der Waals surface area contributed by atoms with Crippen LogP contribution >= 0.6 is 0 Å². The normalized spacial score (nSPS) is 21.6. The fraction of sp³-hybridized carbons (Fsp3) is 0.682. The van der Waals surface area contributed by atoms with Gasteiger partial charge in [0.2, 0.25) is 5.91 Å². The van der Waals surface area contributed by atoms with Gasteiger partial charge in [-0.1, -0.05) is 30.3 Å². The molecule has 2 rings (SSSR count). The molecule has 0 heterocycles. The number of unbranched alkanes of at least 4 members (excludes halogenated alkanes) is 1. The van der Waals surface area contributed by atoms with Gasteiger partial charge in [0.05, 0.1) is 0 Å². The van der Waals surface area contributed by atoms with Gasteiger partial charge in [-0.25, -0.2) is 0 Å². The third-order valence-corrected chi connectivity index (χ3v) is 5.73. The second-order valence-electron chi connectivity index (χ2n) is 7.80. The van der Waals surface area contributed by atoms with E-state index >= 15 is 0 Å². The average molecular weight is 361 g/mol. The molecule has 1 atom stereocenters. The lowest BCUT2D eigenvalue weighted by Crippen LogP contribution is -2.43. The Morgan fingerprint density at radius 1 is 1.12 bits per heavy atom. The number of carbonyl (C=O) groups excluding carboxylic acids is 1. The third-order valence-electron chi connectivity index (χ3n) is 5.73. The molecule has 1 unspecified atom stereocenters. The molecule has 0 aliphatic heterocycles. The van der Waals surface area contributed by atoms with Crippen LogP contribution in [0.2, 0.25) is 0 Å². The fourth-order valence-electron chi connectivity index (χ4n) is 4.50. The van der Waals surface area contributed by atoms with Gasteiger partial charge in [0.25, 0.3) is 0 Å².